The minimum absolute atomic E-state index is 0.416. The lowest BCUT2D eigenvalue weighted by Crippen LogP contribution is -2.04. The summed E-state index contributed by atoms with van der Waals surface area (Å²) in [5, 5.41) is 12.4. The van der Waals surface area contributed by atoms with Gasteiger partial charge in [-0.3, -0.25) is 0 Å². The smallest absolute Gasteiger partial charge is 0.146 e. The van der Waals surface area contributed by atoms with E-state index in [2.05, 4.69) is 16.6 Å². The number of hydrogen-bond acceptors (Lipinski definition) is 4. The van der Waals surface area contributed by atoms with E-state index in [-0.39, 0.29) is 0 Å². The zero-order chi connectivity index (χ0) is 12.5. The molecule has 0 bridgehead atoms. The summed E-state index contributed by atoms with van der Waals surface area (Å²) in [7, 11) is 0. The SMILES string of the molecule is CSCCCCCNc1nccc(C#N)c1Cl. The Labute approximate surface area is 112 Å². The van der Waals surface area contributed by atoms with Gasteiger partial charge in [-0.2, -0.15) is 17.0 Å². The van der Waals surface area contributed by atoms with Crippen molar-refractivity contribution in [1.29, 1.82) is 5.26 Å². The van der Waals surface area contributed by atoms with Crippen LogP contribution in [0.1, 0.15) is 24.8 Å². The summed E-state index contributed by atoms with van der Waals surface area (Å²) in [6, 6.07) is 3.66. The van der Waals surface area contributed by atoms with Crippen LogP contribution in [-0.4, -0.2) is 23.5 Å². The van der Waals surface area contributed by atoms with Crippen molar-refractivity contribution in [3.8, 4) is 6.07 Å². The highest BCUT2D eigenvalue weighted by Gasteiger charge is 2.05. The third-order valence-corrected chi connectivity index (χ3v) is 3.41. The Morgan fingerprint density at radius 3 is 3.00 bits per heavy atom. The van der Waals surface area contributed by atoms with Crippen molar-refractivity contribution in [3.05, 3.63) is 22.8 Å². The molecule has 0 aliphatic carbocycles. The number of nitriles is 1. The maximum Gasteiger partial charge on any atom is 0.146 e. The van der Waals surface area contributed by atoms with Crippen LogP contribution >= 0.6 is 23.4 Å². The van der Waals surface area contributed by atoms with Crippen molar-refractivity contribution in [2.75, 3.05) is 23.9 Å². The summed E-state index contributed by atoms with van der Waals surface area (Å²) in [4.78, 5) is 4.12. The summed E-state index contributed by atoms with van der Waals surface area (Å²) in [6.07, 6.45) is 7.25. The average Bonchev–Trinajstić information content (AvgIpc) is 2.35. The molecular formula is C12H16ClN3S. The van der Waals surface area contributed by atoms with E-state index >= 15 is 0 Å². The molecule has 1 rings (SSSR count). The molecule has 17 heavy (non-hydrogen) atoms. The third kappa shape index (κ3) is 4.84. The van der Waals surface area contributed by atoms with Gasteiger partial charge < -0.3 is 5.32 Å². The van der Waals surface area contributed by atoms with Gasteiger partial charge in [0, 0.05) is 12.7 Å². The van der Waals surface area contributed by atoms with Gasteiger partial charge >= 0.3 is 0 Å². The molecule has 3 nitrogen and oxygen atoms in total. The lowest BCUT2D eigenvalue weighted by Gasteiger charge is -2.07. The first-order chi connectivity index (χ1) is 8.29. The summed E-state index contributed by atoms with van der Waals surface area (Å²) < 4.78 is 0. The highest BCUT2D eigenvalue weighted by Crippen LogP contribution is 2.22. The molecule has 0 aliphatic heterocycles. The average molecular weight is 270 g/mol. The summed E-state index contributed by atoms with van der Waals surface area (Å²) >= 11 is 7.89. The molecule has 0 atom stereocenters. The molecule has 5 heteroatoms. The second-order valence-corrected chi connectivity index (χ2v) is 4.98. The summed E-state index contributed by atoms with van der Waals surface area (Å²) in [5.41, 5.74) is 0.464. The zero-order valence-electron chi connectivity index (χ0n) is 9.87. The van der Waals surface area contributed by atoms with Crippen molar-refractivity contribution in [3.63, 3.8) is 0 Å². The number of halogens is 1. The zero-order valence-corrected chi connectivity index (χ0v) is 11.4. The van der Waals surface area contributed by atoms with Gasteiger partial charge in [0.15, 0.2) is 0 Å². The van der Waals surface area contributed by atoms with Gasteiger partial charge in [-0.05, 0) is 30.9 Å². The first-order valence-corrected chi connectivity index (χ1v) is 7.34. The number of thioether (sulfide) groups is 1. The Morgan fingerprint density at radius 1 is 1.47 bits per heavy atom. The Bertz CT molecular complexity index is 390. The van der Waals surface area contributed by atoms with E-state index in [1.807, 2.05) is 17.8 Å². The van der Waals surface area contributed by atoms with Crippen LogP contribution in [0.25, 0.3) is 0 Å². The lowest BCUT2D eigenvalue weighted by atomic mass is 10.2. The highest BCUT2D eigenvalue weighted by molar-refractivity contribution is 7.98. The van der Waals surface area contributed by atoms with Gasteiger partial charge in [0.05, 0.1) is 5.56 Å². The quantitative estimate of drug-likeness (QED) is 0.769. The van der Waals surface area contributed by atoms with E-state index in [1.165, 1.54) is 18.6 Å². The molecule has 0 saturated heterocycles. The van der Waals surface area contributed by atoms with Gasteiger partial charge in [0.2, 0.25) is 0 Å². The molecule has 0 amide bonds. The predicted octanol–water partition coefficient (Wildman–Crippen LogP) is 3.55. The Morgan fingerprint density at radius 2 is 2.29 bits per heavy atom. The topological polar surface area (TPSA) is 48.7 Å². The van der Waals surface area contributed by atoms with Crippen LogP contribution in [-0.2, 0) is 0 Å². The maximum absolute atomic E-state index is 8.82. The summed E-state index contributed by atoms with van der Waals surface area (Å²) in [5.74, 6) is 1.82. The predicted molar refractivity (Wildman–Crippen MR) is 74.7 cm³/mol. The number of nitrogens with zero attached hydrogens (tertiary/aromatic N) is 2. The number of nitrogens with one attached hydrogen (secondary N) is 1. The largest absolute Gasteiger partial charge is 0.369 e. The van der Waals surface area contributed by atoms with E-state index in [9.17, 15) is 0 Å². The number of hydrogen-bond donors (Lipinski definition) is 1. The molecule has 0 unspecified atom stereocenters. The fourth-order valence-electron chi connectivity index (χ4n) is 1.41. The number of unbranched alkanes of at least 4 members (excludes halogenated alkanes) is 2. The van der Waals surface area contributed by atoms with E-state index in [1.54, 1.807) is 12.3 Å². The minimum atomic E-state index is 0.416. The fraction of sp³-hybridized carbons (Fsp3) is 0.500. The number of pyridine rings is 1. The molecule has 1 heterocycles. The lowest BCUT2D eigenvalue weighted by molar-refractivity contribution is 0.748. The molecule has 1 aromatic rings. The standard InChI is InChI=1S/C12H16ClN3S/c1-17-8-4-2-3-6-15-12-11(13)10(9-14)5-7-16-12/h5,7H,2-4,6,8H2,1H3,(H,15,16). The second kappa shape index (κ2) is 8.21. The van der Waals surface area contributed by atoms with Crippen LogP contribution in [0.5, 0.6) is 0 Å². The van der Waals surface area contributed by atoms with Gasteiger partial charge in [-0.1, -0.05) is 18.0 Å². The van der Waals surface area contributed by atoms with Crippen LogP contribution < -0.4 is 5.32 Å². The molecule has 1 aromatic heterocycles. The first kappa shape index (κ1) is 14.1. The van der Waals surface area contributed by atoms with Crippen molar-refractivity contribution in [2.45, 2.75) is 19.3 Å². The highest BCUT2D eigenvalue weighted by atomic mass is 35.5. The Kier molecular flexibility index (Phi) is 6.83. The molecular weight excluding hydrogens is 254 g/mol. The molecule has 0 aliphatic rings. The number of aromatic nitrogens is 1. The number of anilines is 1. The fourth-order valence-corrected chi connectivity index (χ4v) is 2.12. The molecule has 0 radical (unpaired) electrons. The normalized spacial score (nSPS) is 9.94. The molecule has 0 aromatic carbocycles. The van der Waals surface area contributed by atoms with Crippen LogP contribution in [0.2, 0.25) is 5.02 Å². The molecule has 0 fully saturated rings. The van der Waals surface area contributed by atoms with Gasteiger partial charge in [-0.25, -0.2) is 4.98 Å². The molecule has 0 saturated carbocycles. The van der Waals surface area contributed by atoms with E-state index in [4.69, 9.17) is 16.9 Å². The van der Waals surface area contributed by atoms with Crippen LogP contribution in [0.15, 0.2) is 12.3 Å². The van der Waals surface area contributed by atoms with Crippen molar-refractivity contribution in [2.24, 2.45) is 0 Å². The van der Waals surface area contributed by atoms with Crippen LogP contribution in [0, 0.1) is 11.3 Å². The van der Waals surface area contributed by atoms with Crippen molar-refractivity contribution < 1.29 is 0 Å². The van der Waals surface area contributed by atoms with Crippen LogP contribution in [0.3, 0.4) is 0 Å². The monoisotopic (exact) mass is 269 g/mol. The van der Waals surface area contributed by atoms with E-state index in [0.717, 1.165) is 13.0 Å². The third-order valence-electron chi connectivity index (χ3n) is 2.33. The van der Waals surface area contributed by atoms with Crippen molar-refractivity contribution in [1.82, 2.24) is 4.98 Å². The summed E-state index contributed by atoms with van der Waals surface area (Å²) in [6.45, 7) is 0.843. The second-order valence-electron chi connectivity index (χ2n) is 3.61. The van der Waals surface area contributed by atoms with E-state index in [0.29, 0.717) is 16.4 Å². The van der Waals surface area contributed by atoms with Gasteiger partial charge in [0.25, 0.3) is 0 Å². The molecule has 1 N–H and O–H groups in total. The first-order valence-electron chi connectivity index (χ1n) is 5.57. The Balaban J connectivity index is 2.35. The van der Waals surface area contributed by atoms with Crippen LogP contribution in [0.4, 0.5) is 5.82 Å². The van der Waals surface area contributed by atoms with E-state index < -0.39 is 0 Å². The number of rotatable bonds is 7. The maximum atomic E-state index is 8.82. The Hall–Kier alpha value is -0.920. The molecule has 0 spiro atoms. The van der Waals surface area contributed by atoms with Gasteiger partial charge in [-0.15, -0.1) is 0 Å². The minimum Gasteiger partial charge on any atom is -0.369 e. The van der Waals surface area contributed by atoms with Crippen molar-refractivity contribution >= 4 is 29.2 Å². The van der Waals surface area contributed by atoms with Gasteiger partial charge in [0.1, 0.15) is 16.9 Å². The molecule has 92 valence electrons.